The number of hydrogen-bond acceptors (Lipinski definition) is 3. The Morgan fingerprint density at radius 1 is 1.45 bits per heavy atom. The maximum absolute atomic E-state index is 13.7. The van der Waals surface area contributed by atoms with Gasteiger partial charge in [-0.2, -0.15) is 0 Å². The Kier molecular flexibility index (Phi) is 4.60. The van der Waals surface area contributed by atoms with Crippen LogP contribution in [0.5, 0.6) is 0 Å². The minimum atomic E-state index is -1.20. The predicted octanol–water partition coefficient (Wildman–Crippen LogP) is 2.44. The number of benzene rings is 1. The van der Waals surface area contributed by atoms with E-state index in [1.165, 1.54) is 6.07 Å². The lowest BCUT2D eigenvalue weighted by Crippen LogP contribution is -2.37. The molecule has 1 saturated heterocycles. The van der Waals surface area contributed by atoms with Crippen LogP contribution in [0.1, 0.15) is 30.6 Å². The van der Waals surface area contributed by atoms with Crippen molar-refractivity contribution in [2.75, 3.05) is 31.1 Å². The molecule has 0 aliphatic carbocycles. The Balaban J connectivity index is 2.22. The van der Waals surface area contributed by atoms with Crippen LogP contribution in [0.15, 0.2) is 18.2 Å². The van der Waals surface area contributed by atoms with Gasteiger partial charge in [0, 0.05) is 19.1 Å². The van der Waals surface area contributed by atoms with Crippen LogP contribution >= 0.6 is 0 Å². The highest BCUT2D eigenvalue weighted by molar-refractivity contribution is 5.94. The topological polar surface area (TPSA) is 43.8 Å². The third-order valence-electron chi connectivity index (χ3n) is 4.04. The zero-order valence-corrected chi connectivity index (χ0v) is 12.0. The fourth-order valence-corrected chi connectivity index (χ4v) is 2.99. The minimum Gasteiger partial charge on any atom is -0.478 e. The van der Waals surface area contributed by atoms with E-state index < -0.39 is 11.8 Å². The minimum absolute atomic E-state index is 0.215. The molecular weight excluding hydrogens is 259 g/mol. The number of likely N-dealkylation sites (N-methyl/N-ethyl adjacent to an activating group) is 1. The van der Waals surface area contributed by atoms with Crippen LogP contribution in [0.4, 0.5) is 10.1 Å². The highest BCUT2D eigenvalue weighted by Crippen LogP contribution is 2.28. The van der Waals surface area contributed by atoms with Crippen molar-refractivity contribution in [2.24, 2.45) is 0 Å². The van der Waals surface area contributed by atoms with Crippen LogP contribution in [0.3, 0.4) is 0 Å². The van der Waals surface area contributed by atoms with Gasteiger partial charge >= 0.3 is 5.97 Å². The van der Waals surface area contributed by atoms with Gasteiger partial charge in [-0.1, -0.05) is 19.9 Å². The maximum atomic E-state index is 13.7. The van der Waals surface area contributed by atoms with E-state index in [-0.39, 0.29) is 5.56 Å². The molecule has 1 unspecified atom stereocenters. The normalized spacial score (nSPS) is 18.8. The molecule has 0 saturated carbocycles. The van der Waals surface area contributed by atoms with Crippen LogP contribution in [-0.2, 0) is 0 Å². The number of halogens is 1. The van der Waals surface area contributed by atoms with Gasteiger partial charge in [0.25, 0.3) is 0 Å². The largest absolute Gasteiger partial charge is 0.478 e. The smallest absolute Gasteiger partial charge is 0.340 e. The van der Waals surface area contributed by atoms with Gasteiger partial charge in [0.15, 0.2) is 0 Å². The molecule has 2 rings (SSSR count). The van der Waals surface area contributed by atoms with Crippen molar-refractivity contribution in [3.63, 3.8) is 0 Å². The van der Waals surface area contributed by atoms with Crippen molar-refractivity contribution in [1.29, 1.82) is 0 Å². The average molecular weight is 280 g/mol. The molecule has 0 spiro atoms. The van der Waals surface area contributed by atoms with E-state index in [1.807, 2.05) is 4.90 Å². The second-order valence-corrected chi connectivity index (χ2v) is 5.05. The highest BCUT2D eigenvalue weighted by atomic mass is 19.1. The number of anilines is 1. The zero-order chi connectivity index (χ0) is 14.7. The Labute approximate surface area is 118 Å². The van der Waals surface area contributed by atoms with E-state index in [1.54, 1.807) is 12.1 Å². The van der Waals surface area contributed by atoms with Crippen molar-refractivity contribution >= 4 is 11.7 Å². The van der Waals surface area contributed by atoms with Crippen LogP contribution in [0, 0.1) is 5.82 Å². The Bertz CT molecular complexity index is 489. The van der Waals surface area contributed by atoms with Crippen LogP contribution < -0.4 is 4.90 Å². The number of carbonyl (C=O) groups is 1. The standard InChI is InChI=1S/C15H21FN2O2/c1-3-17(4-2)11-8-9-18(10-11)13-7-5-6-12(16)14(13)15(19)20/h5-7,11H,3-4,8-10H2,1-2H3,(H,19,20). The van der Waals surface area contributed by atoms with Crippen LogP contribution in [-0.4, -0.2) is 48.2 Å². The molecule has 1 aromatic rings. The fourth-order valence-electron chi connectivity index (χ4n) is 2.99. The van der Waals surface area contributed by atoms with Crippen LogP contribution in [0.25, 0.3) is 0 Å². The number of aromatic carboxylic acids is 1. The molecule has 0 bridgehead atoms. The zero-order valence-electron chi connectivity index (χ0n) is 12.0. The van der Waals surface area contributed by atoms with E-state index in [0.717, 1.165) is 32.6 Å². The summed E-state index contributed by atoms with van der Waals surface area (Å²) in [5.74, 6) is -1.87. The van der Waals surface area contributed by atoms with E-state index in [4.69, 9.17) is 0 Å². The second-order valence-electron chi connectivity index (χ2n) is 5.05. The molecular formula is C15H21FN2O2. The fraction of sp³-hybridized carbons (Fsp3) is 0.533. The van der Waals surface area contributed by atoms with E-state index in [9.17, 15) is 14.3 Å². The number of nitrogens with zero attached hydrogens (tertiary/aromatic N) is 2. The molecule has 20 heavy (non-hydrogen) atoms. The molecule has 1 N–H and O–H groups in total. The summed E-state index contributed by atoms with van der Waals surface area (Å²) >= 11 is 0. The lowest BCUT2D eigenvalue weighted by molar-refractivity contribution is 0.0692. The van der Waals surface area contributed by atoms with Gasteiger partial charge in [0.2, 0.25) is 0 Å². The van der Waals surface area contributed by atoms with Crippen molar-refractivity contribution in [2.45, 2.75) is 26.3 Å². The van der Waals surface area contributed by atoms with Gasteiger partial charge in [-0.3, -0.25) is 4.90 Å². The first kappa shape index (κ1) is 14.8. The quantitative estimate of drug-likeness (QED) is 0.899. The summed E-state index contributed by atoms with van der Waals surface area (Å²) in [5, 5.41) is 9.20. The maximum Gasteiger partial charge on any atom is 0.340 e. The molecule has 0 aromatic heterocycles. The van der Waals surface area contributed by atoms with Gasteiger partial charge in [0.1, 0.15) is 11.4 Å². The Hall–Kier alpha value is -1.62. The lowest BCUT2D eigenvalue weighted by atomic mass is 10.1. The first-order valence-electron chi connectivity index (χ1n) is 7.09. The molecule has 5 heteroatoms. The van der Waals surface area contributed by atoms with Gasteiger partial charge in [-0.15, -0.1) is 0 Å². The Morgan fingerprint density at radius 3 is 2.75 bits per heavy atom. The summed E-state index contributed by atoms with van der Waals surface area (Å²) in [4.78, 5) is 15.6. The SMILES string of the molecule is CCN(CC)C1CCN(c2cccc(F)c2C(=O)O)C1. The molecule has 0 amide bonds. The number of carboxylic acids is 1. The van der Waals surface area contributed by atoms with Gasteiger partial charge in [-0.25, -0.2) is 9.18 Å². The Morgan fingerprint density at radius 2 is 2.15 bits per heavy atom. The molecule has 0 radical (unpaired) electrons. The molecule has 1 atom stereocenters. The first-order chi connectivity index (χ1) is 9.58. The number of carboxylic acid groups (broad SMARTS) is 1. The summed E-state index contributed by atoms with van der Waals surface area (Å²) in [7, 11) is 0. The molecule has 1 aliphatic heterocycles. The summed E-state index contributed by atoms with van der Waals surface area (Å²) in [5.41, 5.74) is 0.278. The monoisotopic (exact) mass is 280 g/mol. The second kappa shape index (κ2) is 6.22. The molecule has 1 aromatic carbocycles. The van der Waals surface area contributed by atoms with Gasteiger partial charge < -0.3 is 10.0 Å². The van der Waals surface area contributed by atoms with Crippen molar-refractivity contribution < 1.29 is 14.3 Å². The van der Waals surface area contributed by atoms with E-state index >= 15 is 0 Å². The van der Waals surface area contributed by atoms with Crippen molar-refractivity contribution in [3.8, 4) is 0 Å². The first-order valence-corrected chi connectivity index (χ1v) is 7.09. The molecule has 1 heterocycles. The van der Waals surface area contributed by atoms with Crippen LogP contribution in [0.2, 0.25) is 0 Å². The van der Waals surface area contributed by atoms with Crippen molar-refractivity contribution in [3.05, 3.63) is 29.6 Å². The molecule has 4 nitrogen and oxygen atoms in total. The lowest BCUT2D eigenvalue weighted by Gasteiger charge is -2.27. The average Bonchev–Trinajstić information content (AvgIpc) is 2.89. The predicted molar refractivity (Wildman–Crippen MR) is 76.9 cm³/mol. The molecule has 110 valence electrons. The molecule has 1 fully saturated rings. The number of rotatable bonds is 5. The summed E-state index contributed by atoms with van der Waals surface area (Å²) in [6.07, 6.45) is 0.983. The van der Waals surface area contributed by atoms with Crippen molar-refractivity contribution in [1.82, 2.24) is 4.90 Å². The van der Waals surface area contributed by atoms with E-state index in [2.05, 4.69) is 18.7 Å². The third-order valence-corrected chi connectivity index (χ3v) is 4.04. The summed E-state index contributed by atoms with van der Waals surface area (Å²) < 4.78 is 13.7. The molecule has 1 aliphatic rings. The van der Waals surface area contributed by atoms with Gasteiger partial charge in [-0.05, 0) is 31.6 Å². The summed E-state index contributed by atoms with van der Waals surface area (Å²) in [6, 6.07) is 4.87. The summed E-state index contributed by atoms with van der Waals surface area (Å²) in [6.45, 7) is 7.72. The highest BCUT2D eigenvalue weighted by Gasteiger charge is 2.29. The van der Waals surface area contributed by atoms with Gasteiger partial charge in [0.05, 0.1) is 5.69 Å². The third kappa shape index (κ3) is 2.77. The van der Waals surface area contributed by atoms with E-state index in [0.29, 0.717) is 11.7 Å². The number of hydrogen-bond donors (Lipinski definition) is 1.